The van der Waals surface area contributed by atoms with E-state index in [1.54, 1.807) is 10.7 Å². The number of carbonyl (C=O) groups is 1. The maximum Gasteiger partial charge on any atom is 0.411 e. The number of ketones is 1. The summed E-state index contributed by atoms with van der Waals surface area (Å²) < 4.78 is 41.5. The molecule has 0 saturated carbocycles. The Morgan fingerprint density at radius 2 is 2.16 bits per heavy atom. The van der Waals surface area contributed by atoms with Gasteiger partial charge in [-0.2, -0.15) is 18.3 Å². The Kier molecular flexibility index (Phi) is 5.53. The molecule has 0 bridgehead atoms. The minimum absolute atomic E-state index is 0.0238. The maximum atomic E-state index is 11.8. The van der Waals surface area contributed by atoms with Crippen molar-refractivity contribution in [2.45, 2.75) is 39.4 Å². The van der Waals surface area contributed by atoms with E-state index in [0.29, 0.717) is 6.54 Å². The van der Waals surface area contributed by atoms with Gasteiger partial charge in [0.2, 0.25) is 0 Å². The van der Waals surface area contributed by atoms with Crippen molar-refractivity contribution in [3.8, 4) is 0 Å². The van der Waals surface area contributed by atoms with Gasteiger partial charge in [-0.15, -0.1) is 0 Å². The molecule has 0 N–H and O–H groups in total. The lowest BCUT2D eigenvalue weighted by Gasteiger charge is -2.07. The topological polar surface area (TPSA) is 44.1 Å². The summed E-state index contributed by atoms with van der Waals surface area (Å²) in [6, 6.07) is 1.80. The number of rotatable bonds is 7. The third kappa shape index (κ3) is 5.87. The fourth-order valence-corrected chi connectivity index (χ4v) is 1.68. The Morgan fingerprint density at radius 3 is 2.74 bits per heavy atom. The van der Waals surface area contributed by atoms with Gasteiger partial charge in [-0.05, 0) is 19.9 Å². The molecule has 0 aromatic carbocycles. The lowest BCUT2D eigenvalue weighted by atomic mass is 10.1. The van der Waals surface area contributed by atoms with Crippen LogP contribution in [0.1, 0.15) is 24.7 Å². The Labute approximate surface area is 109 Å². The lowest BCUT2D eigenvalue weighted by Crippen LogP contribution is -2.19. The molecule has 1 rings (SSSR count). The zero-order chi connectivity index (χ0) is 14.5. The molecule has 0 saturated heterocycles. The molecule has 108 valence electrons. The van der Waals surface area contributed by atoms with Crippen LogP contribution < -0.4 is 0 Å². The minimum atomic E-state index is -4.35. The van der Waals surface area contributed by atoms with E-state index < -0.39 is 12.8 Å². The molecule has 0 fully saturated rings. The van der Waals surface area contributed by atoms with Crippen molar-refractivity contribution in [2.75, 3.05) is 13.2 Å². The number of Topliss-reactive ketones (excluding diaryl/α,β-unsaturated/α-hetero) is 1. The molecule has 0 aliphatic carbocycles. The first-order chi connectivity index (χ1) is 8.81. The first kappa shape index (κ1) is 15.7. The Bertz CT molecular complexity index is 427. The summed E-state index contributed by atoms with van der Waals surface area (Å²) in [5.41, 5.74) is 1.60. The SMILES string of the molecule is CCn1nc(C)cc1CC(=O)CCOCC(F)(F)F. The molecular weight excluding hydrogens is 261 g/mol. The molecule has 1 heterocycles. The van der Waals surface area contributed by atoms with Gasteiger partial charge in [0.05, 0.1) is 12.3 Å². The molecule has 7 heteroatoms. The maximum absolute atomic E-state index is 11.8. The fraction of sp³-hybridized carbons (Fsp3) is 0.667. The molecule has 19 heavy (non-hydrogen) atoms. The molecular formula is C12H17F3N2O2. The second kappa shape index (κ2) is 6.70. The lowest BCUT2D eigenvalue weighted by molar-refractivity contribution is -0.174. The predicted octanol–water partition coefficient (Wildman–Crippen LogP) is 2.29. The molecule has 1 aromatic heterocycles. The summed E-state index contributed by atoms with van der Waals surface area (Å²) in [5, 5.41) is 4.20. The quantitative estimate of drug-likeness (QED) is 0.719. The standard InChI is InChI=1S/C12H17F3N2O2/c1-3-17-10(6-9(2)16-17)7-11(18)4-5-19-8-12(13,14)15/h6H,3-5,7-8H2,1-2H3. The molecule has 4 nitrogen and oxygen atoms in total. The number of hydrogen-bond donors (Lipinski definition) is 0. The van der Waals surface area contributed by atoms with Crippen molar-refractivity contribution in [3.05, 3.63) is 17.5 Å². The van der Waals surface area contributed by atoms with Crippen LogP contribution in [0.3, 0.4) is 0 Å². The third-order valence-electron chi connectivity index (χ3n) is 2.45. The van der Waals surface area contributed by atoms with Crippen LogP contribution in [-0.2, 0) is 22.5 Å². The number of aromatic nitrogens is 2. The van der Waals surface area contributed by atoms with E-state index in [4.69, 9.17) is 0 Å². The number of halogens is 3. The van der Waals surface area contributed by atoms with Crippen molar-refractivity contribution in [3.63, 3.8) is 0 Å². The Balaban J connectivity index is 2.35. The molecule has 0 aliphatic heterocycles. The normalized spacial score (nSPS) is 11.8. The van der Waals surface area contributed by atoms with E-state index in [2.05, 4.69) is 9.84 Å². The van der Waals surface area contributed by atoms with Crippen LogP contribution in [0.4, 0.5) is 13.2 Å². The first-order valence-electron chi connectivity index (χ1n) is 6.01. The number of ether oxygens (including phenoxy) is 1. The highest BCUT2D eigenvalue weighted by atomic mass is 19.4. The zero-order valence-corrected chi connectivity index (χ0v) is 11.0. The van der Waals surface area contributed by atoms with Crippen LogP contribution in [0.5, 0.6) is 0 Å². The van der Waals surface area contributed by atoms with Gasteiger partial charge in [0.25, 0.3) is 0 Å². The highest BCUT2D eigenvalue weighted by Crippen LogP contribution is 2.14. The monoisotopic (exact) mass is 278 g/mol. The van der Waals surface area contributed by atoms with Crippen LogP contribution in [0, 0.1) is 6.92 Å². The summed E-state index contributed by atoms with van der Waals surface area (Å²) in [6.45, 7) is 2.87. The van der Waals surface area contributed by atoms with Crippen molar-refractivity contribution >= 4 is 5.78 Å². The molecule has 0 atom stereocenters. The van der Waals surface area contributed by atoms with Crippen molar-refractivity contribution < 1.29 is 22.7 Å². The number of hydrogen-bond acceptors (Lipinski definition) is 3. The number of nitrogens with zero attached hydrogens (tertiary/aromatic N) is 2. The van der Waals surface area contributed by atoms with Gasteiger partial charge in [0.1, 0.15) is 12.4 Å². The molecule has 0 unspecified atom stereocenters. The highest BCUT2D eigenvalue weighted by molar-refractivity contribution is 5.80. The number of carbonyl (C=O) groups excluding carboxylic acids is 1. The van der Waals surface area contributed by atoms with Crippen molar-refractivity contribution in [1.29, 1.82) is 0 Å². The van der Waals surface area contributed by atoms with E-state index in [1.807, 2.05) is 13.8 Å². The van der Waals surface area contributed by atoms with Crippen molar-refractivity contribution in [1.82, 2.24) is 9.78 Å². The van der Waals surface area contributed by atoms with E-state index >= 15 is 0 Å². The molecule has 0 aliphatic rings. The molecule has 0 radical (unpaired) electrons. The average molecular weight is 278 g/mol. The van der Waals surface area contributed by atoms with Crippen LogP contribution in [0.25, 0.3) is 0 Å². The molecule has 0 spiro atoms. The summed E-state index contributed by atoms with van der Waals surface area (Å²) in [5.74, 6) is -0.156. The Morgan fingerprint density at radius 1 is 1.47 bits per heavy atom. The van der Waals surface area contributed by atoms with Crippen LogP contribution in [0.15, 0.2) is 6.07 Å². The highest BCUT2D eigenvalue weighted by Gasteiger charge is 2.27. The van der Waals surface area contributed by atoms with E-state index in [9.17, 15) is 18.0 Å². The summed E-state index contributed by atoms with van der Waals surface area (Å²) in [6.07, 6.45) is -4.20. The van der Waals surface area contributed by atoms with Gasteiger partial charge >= 0.3 is 6.18 Å². The van der Waals surface area contributed by atoms with E-state index in [0.717, 1.165) is 11.4 Å². The van der Waals surface area contributed by atoms with E-state index in [-0.39, 0.29) is 25.2 Å². The van der Waals surface area contributed by atoms with Gasteiger partial charge < -0.3 is 4.74 Å². The van der Waals surface area contributed by atoms with Crippen LogP contribution in [0.2, 0.25) is 0 Å². The van der Waals surface area contributed by atoms with Gasteiger partial charge in [0, 0.05) is 25.1 Å². The van der Waals surface area contributed by atoms with Crippen molar-refractivity contribution in [2.24, 2.45) is 0 Å². The fourth-order valence-electron chi connectivity index (χ4n) is 1.68. The largest absolute Gasteiger partial charge is 0.411 e. The Hall–Kier alpha value is -1.37. The smallest absolute Gasteiger partial charge is 0.372 e. The number of alkyl halides is 3. The van der Waals surface area contributed by atoms with Crippen LogP contribution >= 0.6 is 0 Å². The summed E-state index contributed by atoms with van der Waals surface area (Å²) >= 11 is 0. The second-order valence-electron chi connectivity index (χ2n) is 4.23. The third-order valence-corrected chi connectivity index (χ3v) is 2.45. The summed E-state index contributed by atoms with van der Waals surface area (Å²) in [4.78, 5) is 11.6. The van der Waals surface area contributed by atoms with Gasteiger partial charge in [-0.1, -0.05) is 0 Å². The van der Waals surface area contributed by atoms with Gasteiger partial charge in [-0.25, -0.2) is 0 Å². The molecule has 1 aromatic rings. The number of aryl methyl sites for hydroxylation is 2. The van der Waals surface area contributed by atoms with Crippen LogP contribution in [-0.4, -0.2) is 35.0 Å². The van der Waals surface area contributed by atoms with Gasteiger partial charge in [0.15, 0.2) is 0 Å². The zero-order valence-electron chi connectivity index (χ0n) is 11.0. The first-order valence-corrected chi connectivity index (χ1v) is 6.01. The van der Waals surface area contributed by atoms with E-state index in [1.165, 1.54) is 0 Å². The summed E-state index contributed by atoms with van der Waals surface area (Å²) in [7, 11) is 0. The second-order valence-corrected chi connectivity index (χ2v) is 4.23. The minimum Gasteiger partial charge on any atom is -0.372 e. The predicted molar refractivity (Wildman–Crippen MR) is 62.8 cm³/mol. The van der Waals surface area contributed by atoms with Gasteiger partial charge in [-0.3, -0.25) is 9.48 Å². The molecule has 0 amide bonds. The average Bonchev–Trinajstić information content (AvgIpc) is 2.63.